The lowest BCUT2D eigenvalue weighted by Gasteiger charge is -2.41. The highest BCUT2D eigenvalue weighted by Crippen LogP contribution is 2.65. The molecule has 0 radical (unpaired) electrons. The first-order valence-corrected chi connectivity index (χ1v) is 23.0. The SMILES string of the molecule is c1ccc(-c2c(N(c3ccc4c(c3)sc3ccccc34)c3ccc(-c4ccccc4)c4oc5ccccc5c34)ccc3c2Oc2ccccc2C32c3ccccc3-c3ccccc32)cc1. The highest BCUT2D eigenvalue weighted by molar-refractivity contribution is 7.25. The van der Waals surface area contributed by atoms with Gasteiger partial charge in [0.15, 0.2) is 0 Å². The van der Waals surface area contributed by atoms with E-state index in [0.717, 1.165) is 83.9 Å². The van der Waals surface area contributed by atoms with Gasteiger partial charge < -0.3 is 14.1 Å². The summed E-state index contributed by atoms with van der Waals surface area (Å²) in [5.41, 5.74) is 15.7. The molecule has 65 heavy (non-hydrogen) atoms. The number of nitrogens with zero attached hydrogens (tertiary/aromatic N) is 1. The van der Waals surface area contributed by atoms with Crippen LogP contribution in [0.2, 0.25) is 0 Å². The maximum atomic E-state index is 7.43. The fourth-order valence-electron chi connectivity index (χ4n) is 11.1. The maximum absolute atomic E-state index is 7.43. The van der Waals surface area contributed by atoms with Crippen LogP contribution in [0.25, 0.3) is 75.5 Å². The number of para-hydroxylation sites is 2. The van der Waals surface area contributed by atoms with Gasteiger partial charge in [0.1, 0.15) is 22.7 Å². The van der Waals surface area contributed by atoms with Gasteiger partial charge in [0, 0.05) is 53.5 Å². The summed E-state index contributed by atoms with van der Waals surface area (Å²) < 4.78 is 16.9. The average Bonchev–Trinajstić information content (AvgIpc) is 4.04. The first kappa shape index (κ1) is 36.3. The van der Waals surface area contributed by atoms with Gasteiger partial charge in [0.05, 0.1) is 22.2 Å². The van der Waals surface area contributed by atoms with Crippen molar-refractivity contribution in [2.75, 3.05) is 4.90 Å². The van der Waals surface area contributed by atoms with E-state index in [4.69, 9.17) is 9.15 Å². The van der Waals surface area contributed by atoms with Gasteiger partial charge >= 0.3 is 0 Å². The summed E-state index contributed by atoms with van der Waals surface area (Å²) in [6.07, 6.45) is 0. The highest BCUT2D eigenvalue weighted by Gasteiger charge is 2.52. The molecule has 1 spiro atoms. The van der Waals surface area contributed by atoms with Crippen molar-refractivity contribution in [3.8, 4) is 44.9 Å². The zero-order valence-corrected chi connectivity index (χ0v) is 35.9. The Labute approximate surface area is 379 Å². The summed E-state index contributed by atoms with van der Waals surface area (Å²) in [6.45, 7) is 0. The first-order valence-electron chi connectivity index (χ1n) is 22.2. The van der Waals surface area contributed by atoms with Crippen molar-refractivity contribution < 1.29 is 9.15 Å². The van der Waals surface area contributed by atoms with Crippen LogP contribution in [0.15, 0.2) is 229 Å². The molecule has 0 N–H and O–H groups in total. The minimum atomic E-state index is -0.619. The summed E-state index contributed by atoms with van der Waals surface area (Å²) >= 11 is 1.84. The van der Waals surface area contributed by atoms with Gasteiger partial charge in [-0.15, -0.1) is 11.3 Å². The van der Waals surface area contributed by atoms with Crippen molar-refractivity contribution in [3.63, 3.8) is 0 Å². The fraction of sp³-hybridized carbons (Fsp3) is 0.0164. The van der Waals surface area contributed by atoms with E-state index in [2.05, 4.69) is 229 Å². The Morgan fingerprint density at radius 3 is 1.82 bits per heavy atom. The van der Waals surface area contributed by atoms with Crippen molar-refractivity contribution in [2.24, 2.45) is 0 Å². The van der Waals surface area contributed by atoms with E-state index in [1.54, 1.807) is 0 Å². The summed E-state index contributed by atoms with van der Waals surface area (Å²) in [4.78, 5) is 2.46. The smallest absolute Gasteiger partial charge is 0.145 e. The zero-order valence-electron chi connectivity index (χ0n) is 35.0. The van der Waals surface area contributed by atoms with E-state index in [1.807, 2.05) is 11.3 Å². The molecule has 10 aromatic carbocycles. The number of ether oxygens (including phenoxy) is 1. The van der Waals surface area contributed by atoms with Gasteiger partial charge in [-0.25, -0.2) is 0 Å². The van der Waals surface area contributed by atoms with Crippen LogP contribution in [0.4, 0.5) is 17.1 Å². The number of thiophene rings is 1. The number of rotatable bonds is 5. The number of hydrogen-bond donors (Lipinski definition) is 0. The van der Waals surface area contributed by atoms with Crippen LogP contribution >= 0.6 is 11.3 Å². The Hall–Kier alpha value is -8.18. The molecule has 0 unspecified atom stereocenters. The van der Waals surface area contributed by atoms with Gasteiger partial charge in [-0.05, 0) is 81.9 Å². The Balaban J connectivity index is 1.12. The lowest BCUT2D eigenvalue weighted by molar-refractivity contribution is 0.438. The van der Waals surface area contributed by atoms with Crippen molar-refractivity contribution in [2.45, 2.75) is 5.41 Å². The third-order valence-electron chi connectivity index (χ3n) is 13.7. The second kappa shape index (κ2) is 13.9. The monoisotopic (exact) mass is 847 g/mol. The molecule has 0 amide bonds. The van der Waals surface area contributed by atoms with E-state index < -0.39 is 5.41 Å². The predicted molar refractivity (Wildman–Crippen MR) is 270 cm³/mol. The minimum absolute atomic E-state index is 0.619. The van der Waals surface area contributed by atoms with E-state index >= 15 is 0 Å². The van der Waals surface area contributed by atoms with Crippen molar-refractivity contribution in [1.82, 2.24) is 0 Å². The lowest BCUT2D eigenvalue weighted by Crippen LogP contribution is -2.32. The van der Waals surface area contributed by atoms with E-state index in [0.29, 0.717) is 0 Å². The number of furan rings is 1. The molecule has 0 atom stereocenters. The van der Waals surface area contributed by atoms with Gasteiger partial charge in [-0.1, -0.05) is 176 Å². The molecular weight excluding hydrogens is 811 g/mol. The Bertz CT molecular complexity index is 3840. The van der Waals surface area contributed by atoms with E-state index in [-0.39, 0.29) is 0 Å². The maximum Gasteiger partial charge on any atom is 0.145 e. The molecular formula is C61H37NO2S. The quantitative estimate of drug-likeness (QED) is 0.173. The van der Waals surface area contributed by atoms with Crippen LogP contribution in [0.5, 0.6) is 11.5 Å². The molecule has 12 aromatic rings. The number of benzene rings is 10. The lowest BCUT2D eigenvalue weighted by atomic mass is 9.65. The van der Waals surface area contributed by atoms with Crippen LogP contribution in [0.1, 0.15) is 22.3 Å². The Kier molecular flexibility index (Phi) is 7.77. The van der Waals surface area contributed by atoms with Crippen molar-refractivity contribution in [3.05, 3.63) is 247 Å². The van der Waals surface area contributed by atoms with E-state index in [1.165, 1.54) is 42.4 Å². The number of anilines is 3. The van der Waals surface area contributed by atoms with Gasteiger partial charge in [-0.2, -0.15) is 0 Å². The first-order chi connectivity index (χ1) is 32.3. The summed E-state index contributed by atoms with van der Waals surface area (Å²) in [5, 5.41) is 4.64. The zero-order chi connectivity index (χ0) is 42.6. The largest absolute Gasteiger partial charge is 0.456 e. The molecule has 14 rings (SSSR count). The fourth-order valence-corrected chi connectivity index (χ4v) is 12.2. The molecule has 0 saturated heterocycles. The minimum Gasteiger partial charge on any atom is -0.456 e. The molecule has 0 saturated carbocycles. The van der Waals surface area contributed by atoms with Crippen molar-refractivity contribution >= 4 is 70.5 Å². The highest BCUT2D eigenvalue weighted by atomic mass is 32.1. The number of fused-ring (bicyclic) bond motifs is 15. The van der Waals surface area contributed by atoms with Crippen LogP contribution in [-0.4, -0.2) is 0 Å². The van der Waals surface area contributed by atoms with Crippen LogP contribution in [-0.2, 0) is 5.41 Å². The number of hydrogen-bond acceptors (Lipinski definition) is 4. The Morgan fingerprint density at radius 1 is 0.415 bits per heavy atom. The van der Waals surface area contributed by atoms with Crippen LogP contribution in [0, 0.1) is 0 Å². The standard InChI is InChI=1S/C61H37NO2S/c1-3-17-38(18-4-1)41-33-35-52(58-46-24-9-14-28-53(46)63-59(41)58)62(40-31-32-45-44-23-10-16-30-55(44)65-56(45)37-40)51-36-34-50-60(57(51)39-19-5-2-6-20-39)64-54-29-15-13-27-49(54)61(50)47-25-11-7-21-42(47)43-22-8-12-26-48(43)61/h1-37H. The third-order valence-corrected chi connectivity index (χ3v) is 14.9. The molecule has 3 heterocycles. The summed E-state index contributed by atoms with van der Waals surface area (Å²) in [5.74, 6) is 1.70. The normalized spacial score (nSPS) is 13.2. The third kappa shape index (κ3) is 5.11. The summed E-state index contributed by atoms with van der Waals surface area (Å²) in [6, 6.07) is 81.2. The molecule has 2 aromatic heterocycles. The Morgan fingerprint density at radius 2 is 1.03 bits per heavy atom. The van der Waals surface area contributed by atoms with Gasteiger partial charge in [-0.3, -0.25) is 0 Å². The molecule has 1 aliphatic carbocycles. The molecule has 2 aliphatic rings. The molecule has 4 heteroatoms. The molecule has 0 bridgehead atoms. The van der Waals surface area contributed by atoms with Crippen LogP contribution in [0.3, 0.4) is 0 Å². The summed E-state index contributed by atoms with van der Waals surface area (Å²) in [7, 11) is 0. The molecule has 3 nitrogen and oxygen atoms in total. The topological polar surface area (TPSA) is 25.6 Å². The second-order valence-electron chi connectivity index (χ2n) is 17.1. The molecule has 1 aliphatic heterocycles. The van der Waals surface area contributed by atoms with Gasteiger partial charge in [0.25, 0.3) is 0 Å². The van der Waals surface area contributed by atoms with Crippen LogP contribution < -0.4 is 9.64 Å². The van der Waals surface area contributed by atoms with E-state index in [9.17, 15) is 0 Å². The van der Waals surface area contributed by atoms with Crippen molar-refractivity contribution in [1.29, 1.82) is 0 Å². The molecule has 0 fully saturated rings. The van der Waals surface area contributed by atoms with Gasteiger partial charge in [0.2, 0.25) is 0 Å². The average molecular weight is 848 g/mol. The second-order valence-corrected chi connectivity index (χ2v) is 18.1. The molecule has 304 valence electrons. The predicted octanol–water partition coefficient (Wildman–Crippen LogP) is 17.2.